The second-order valence-corrected chi connectivity index (χ2v) is 3.77. The van der Waals surface area contributed by atoms with E-state index in [-0.39, 0.29) is 12.4 Å². The van der Waals surface area contributed by atoms with E-state index in [4.69, 9.17) is 5.11 Å². The molecule has 0 aromatic heterocycles. The number of hydrogen-bond acceptors (Lipinski definition) is 2. The number of benzene rings is 1. The van der Waals surface area contributed by atoms with Gasteiger partial charge in [0.1, 0.15) is 5.82 Å². The van der Waals surface area contributed by atoms with Crippen molar-refractivity contribution in [1.29, 1.82) is 0 Å². The average Bonchev–Trinajstić information content (AvgIpc) is 2.32. The highest BCUT2D eigenvalue weighted by molar-refractivity contribution is 5.16. The molecule has 0 heterocycles. The fraction of sp³-hybridized carbons (Fsp3) is 0.429. The van der Waals surface area contributed by atoms with Gasteiger partial charge in [-0.15, -0.1) is 5.92 Å². The molecular weight excluding hydrogens is 217 g/mol. The van der Waals surface area contributed by atoms with Gasteiger partial charge in [0.25, 0.3) is 0 Å². The summed E-state index contributed by atoms with van der Waals surface area (Å²) in [7, 11) is 0. The third-order valence-electron chi connectivity index (χ3n) is 2.34. The standard InChI is InChI=1S/C14H18FNO/c1-2-3-4-9-16(10-11-17)12-13-5-7-14(15)8-6-13/h5-8,17H,2,9-12H2,1H3. The van der Waals surface area contributed by atoms with E-state index in [0.717, 1.165) is 12.0 Å². The van der Waals surface area contributed by atoms with Gasteiger partial charge in [0, 0.05) is 19.5 Å². The number of hydrogen-bond donors (Lipinski definition) is 1. The lowest BCUT2D eigenvalue weighted by molar-refractivity contribution is 0.205. The fourth-order valence-electron chi connectivity index (χ4n) is 1.50. The minimum atomic E-state index is -0.228. The first kappa shape index (κ1) is 13.7. The van der Waals surface area contributed by atoms with E-state index in [1.54, 1.807) is 12.1 Å². The molecule has 17 heavy (non-hydrogen) atoms. The Morgan fingerprint density at radius 1 is 1.24 bits per heavy atom. The van der Waals surface area contributed by atoms with Gasteiger partial charge in [-0.3, -0.25) is 4.90 Å². The summed E-state index contributed by atoms with van der Waals surface area (Å²) in [5.41, 5.74) is 1.03. The quantitative estimate of drug-likeness (QED) is 0.789. The van der Waals surface area contributed by atoms with Crippen LogP contribution in [0.1, 0.15) is 18.9 Å². The summed E-state index contributed by atoms with van der Waals surface area (Å²) in [5, 5.41) is 8.97. The van der Waals surface area contributed by atoms with E-state index in [1.165, 1.54) is 12.1 Å². The zero-order chi connectivity index (χ0) is 12.5. The summed E-state index contributed by atoms with van der Waals surface area (Å²) in [6.45, 7) is 4.00. The van der Waals surface area contributed by atoms with Gasteiger partial charge in [0.05, 0.1) is 13.2 Å². The van der Waals surface area contributed by atoms with Crippen LogP contribution < -0.4 is 0 Å². The summed E-state index contributed by atoms with van der Waals surface area (Å²) in [5.74, 6) is 5.81. The molecule has 0 saturated carbocycles. The first-order valence-electron chi connectivity index (χ1n) is 5.79. The van der Waals surface area contributed by atoms with Crippen LogP contribution in [0.25, 0.3) is 0 Å². The van der Waals surface area contributed by atoms with E-state index in [0.29, 0.717) is 19.6 Å². The Bertz CT molecular complexity index is 377. The van der Waals surface area contributed by atoms with Crippen LogP contribution in [0.3, 0.4) is 0 Å². The summed E-state index contributed by atoms with van der Waals surface area (Å²) in [4.78, 5) is 2.04. The second-order valence-electron chi connectivity index (χ2n) is 3.77. The van der Waals surface area contributed by atoms with Crippen molar-refractivity contribution in [3.05, 3.63) is 35.6 Å². The first-order chi connectivity index (χ1) is 8.26. The van der Waals surface area contributed by atoms with Gasteiger partial charge < -0.3 is 5.11 Å². The molecule has 0 bridgehead atoms. The number of halogens is 1. The Kier molecular flexibility index (Phi) is 6.31. The molecule has 0 saturated heterocycles. The van der Waals surface area contributed by atoms with Gasteiger partial charge in [-0.2, -0.15) is 0 Å². The van der Waals surface area contributed by atoms with Crippen LogP contribution in [0, 0.1) is 17.7 Å². The van der Waals surface area contributed by atoms with Crippen LogP contribution in [0.15, 0.2) is 24.3 Å². The number of aliphatic hydroxyl groups is 1. The van der Waals surface area contributed by atoms with Crippen LogP contribution in [-0.4, -0.2) is 29.7 Å². The number of rotatable bonds is 5. The molecule has 92 valence electrons. The van der Waals surface area contributed by atoms with E-state index < -0.39 is 0 Å². The van der Waals surface area contributed by atoms with Gasteiger partial charge in [-0.25, -0.2) is 4.39 Å². The maximum atomic E-state index is 12.7. The van der Waals surface area contributed by atoms with Crippen molar-refractivity contribution in [3.63, 3.8) is 0 Å². The molecule has 0 aliphatic heterocycles. The Morgan fingerprint density at radius 2 is 1.94 bits per heavy atom. The SMILES string of the molecule is CCC#CCN(CCO)Cc1ccc(F)cc1. The molecule has 0 aliphatic carbocycles. The van der Waals surface area contributed by atoms with Gasteiger partial charge in [-0.1, -0.05) is 25.0 Å². The predicted octanol–water partition coefficient (Wildman–Crippen LogP) is 2.03. The molecule has 0 atom stereocenters. The first-order valence-corrected chi connectivity index (χ1v) is 5.79. The van der Waals surface area contributed by atoms with Crippen LogP contribution in [-0.2, 0) is 6.54 Å². The van der Waals surface area contributed by atoms with Gasteiger partial charge in [0.2, 0.25) is 0 Å². The number of aliphatic hydroxyl groups excluding tert-OH is 1. The molecular formula is C14H18FNO. The molecule has 1 N–H and O–H groups in total. The highest BCUT2D eigenvalue weighted by Gasteiger charge is 2.03. The summed E-state index contributed by atoms with van der Waals surface area (Å²) >= 11 is 0. The Labute approximate surface area is 102 Å². The molecule has 1 rings (SSSR count). The Balaban J connectivity index is 2.56. The molecule has 1 aromatic rings. The molecule has 0 aliphatic rings. The molecule has 1 aromatic carbocycles. The third-order valence-corrected chi connectivity index (χ3v) is 2.34. The molecule has 0 amide bonds. The summed E-state index contributed by atoms with van der Waals surface area (Å²) in [6.07, 6.45) is 0.837. The zero-order valence-electron chi connectivity index (χ0n) is 10.1. The van der Waals surface area contributed by atoms with Crippen LogP contribution in [0.5, 0.6) is 0 Å². The van der Waals surface area contributed by atoms with Crippen molar-refractivity contribution in [1.82, 2.24) is 4.90 Å². The van der Waals surface area contributed by atoms with Crippen molar-refractivity contribution < 1.29 is 9.50 Å². The van der Waals surface area contributed by atoms with Crippen molar-refractivity contribution in [2.75, 3.05) is 19.7 Å². The lowest BCUT2D eigenvalue weighted by atomic mass is 10.2. The highest BCUT2D eigenvalue weighted by Crippen LogP contribution is 2.06. The average molecular weight is 235 g/mol. The fourth-order valence-corrected chi connectivity index (χ4v) is 1.50. The number of nitrogens with zero attached hydrogens (tertiary/aromatic N) is 1. The third kappa shape index (κ3) is 5.48. The smallest absolute Gasteiger partial charge is 0.123 e. The molecule has 0 radical (unpaired) electrons. The van der Waals surface area contributed by atoms with Crippen LogP contribution >= 0.6 is 0 Å². The maximum Gasteiger partial charge on any atom is 0.123 e. The van der Waals surface area contributed by atoms with Gasteiger partial charge >= 0.3 is 0 Å². The molecule has 3 heteroatoms. The van der Waals surface area contributed by atoms with Crippen LogP contribution in [0.2, 0.25) is 0 Å². The lowest BCUT2D eigenvalue weighted by Crippen LogP contribution is -2.26. The summed E-state index contributed by atoms with van der Waals surface area (Å²) < 4.78 is 12.7. The van der Waals surface area contributed by atoms with Crippen molar-refractivity contribution in [2.45, 2.75) is 19.9 Å². The van der Waals surface area contributed by atoms with Crippen LogP contribution in [0.4, 0.5) is 4.39 Å². The Morgan fingerprint density at radius 3 is 2.53 bits per heavy atom. The predicted molar refractivity (Wildman–Crippen MR) is 66.8 cm³/mol. The minimum absolute atomic E-state index is 0.106. The highest BCUT2D eigenvalue weighted by atomic mass is 19.1. The lowest BCUT2D eigenvalue weighted by Gasteiger charge is -2.18. The van der Waals surface area contributed by atoms with E-state index >= 15 is 0 Å². The second kappa shape index (κ2) is 7.83. The van der Waals surface area contributed by atoms with Crippen molar-refractivity contribution in [2.24, 2.45) is 0 Å². The largest absolute Gasteiger partial charge is 0.395 e. The molecule has 0 unspecified atom stereocenters. The van der Waals surface area contributed by atoms with E-state index in [1.807, 2.05) is 11.8 Å². The monoisotopic (exact) mass is 235 g/mol. The van der Waals surface area contributed by atoms with E-state index in [2.05, 4.69) is 11.8 Å². The molecule has 0 spiro atoms. The van der Waals surface area contributed by atoms with E-state index in [9.17, 15) is 4.39 Å². The topological polar surface area (TPSA) is 23.5 Å². The van der Waals surface area contributed by atoms with Gasteiger partial charge in [0.15, 0.2) is 0 Å². The molecule has 0 fully saturated rings. The van der Waals surface area contributed by atoms with Crippen molar-refractivity contribution >= 4 is 0 Å². The van der Waals surface area contributed by atoms with Crippen molar-refractivity contribution in [3.8, 4) is 11.8 Å². The molecule has 2 nitrogen and oxygen atoms in total. The van der Waals surface area contributed by atoms with Gasteiger partial charge in [-0.05, 0) is 17.7 Å². The maximum absolute atomic E-state index is 12.7. The minimum Gasteiger partial charge on any atom is -0.395 e. The summed E-state index contributed by atoms with van der Waals surface area (Å²) in [6, 6.07) is 6.41. The Hall–Kier alpha value is -1.37. The zero-order valence-corrected chi connectivity index (χ0v) is 10.1. The normalized spacial score (nSPS) is 10.1.